The van der Waals surface area contributed by atoms with Gasteiger partial charge >= 0.3 is 0 Å². The first-order valence-corrected chi connectivity index (χ1v) is 8.28. The molecule has 0 radical (unpaired) electrons. The zero-order valence-electron chi connectivity index (χ0n) is 14.7. The second-order valence-electron chi connectivity index (χ2n) is 6.67. The number of ether oxygens (including phenoxy) is 1. The Morgan fingerprint density at radius 1 is 1.19 bits per heavy atom. The van der Waals surface area contributed by atoms with E-state index in [1.165, 1.54) is 0 Å². The molecule has 0 saturated heterocycles. The maximum Gasteiger partial charge on any atom is 0.191 e. The number of hydrogen-bond acceptors (Lipinski definition) is 6. The number of nitriles is 3. The molecule has 1 heterocycles. The quantitative estimate of drug-likeness (QED) is 0.878. The van der Waals surface area contributed by atoms with E-state index in [-0.39, 0.29) is 17.2 Å². The maximum absolute atomic E-state index is 9.96. The van der Waals surface area contributed by atoms with Gasteiger partial charge in [0.1, 0.15) is 11.8 Å². The van der Waals surface area contributed by atoms with Crippen LogP contribution < -0.4 is 10.5 Å². The van der Waals surface area contributed by atoms with Crippen LogP contribution in [0.5, 0.6) is 5.75 Å². The molecule has 1 aromatic rings. The first-order valence-electron chi connectivity index (χ1n) is 8.28. The van der Waals surface area contributed by atoms with Crippen LogP contribution in [0.1, 0.15) is 11.5 Å². The van der Waals surface area contributed by atoms with Crippen LogP contribution in [0.25, 0.3) is 0 Å². The molecular weight excluding hydrogens is 326 g/mol. The standard InChI is InChI=1S/C20H19N5O/c1-25-8-7-15-16(9-21)19(24)20(11-22,12-23)18(17(15)10-25)13-3-5-14(26-2)6-4-13/h3-7,17-18H,8,10,24H2,1-2H3/t17-,18+/m1/s1. The summed E-state index contributed by atoms with van der Waals surface area (Å²) in [5.74, 6) is 0.0692. The summed E-state index contributed by atoms with van der Waals surface area (Å²) in [5.41, 5.74) is 6.66. The molecule has 0 amide bonds. The lowest BCUT2D eigenvalue weighted by molar-refractivity contribution is 0.237. The normalized spacial score (nSPS) is 24.5. The van der Waals surface area contributed by atoms with Gasteiger partial charge in [-0.2, -0.15) is 15.8 Å². The lowest BCUT2D eigenvalue weighted by Crippen LogP contribution is -2.47. The highest BCUT2D eigenvalue weighted by molar-refractivity contribution is 5.59. The zero-order chi connectivity index (χ0) is 18.9. The average Bonchev–Trinajstić information content (AvgIpc) is 2.67. The Hall–Kier alpha value is -3.27. The summed E-state index contributed by atoms with van der Waals surface area (Å²) in [6.07, 6.45) is 1.98. The van der Waals surface area contributed by atoms with E-state index in [9.17, 15) is 15.8 Å². The Morgan fingerprint density at radius 3 is 2.38 bits per heavy atom. The van der Waals surface area contributed by atoms with Gasteiger partial charge in [0.2, 0.25) is 0 Å². The summed E-state index contributed by atoms with van der Waals surface area (Å²) in [6, 6.07) is 13.7. The number of nitrogens with two attached hydrogens (primary N) is 1. The van der Waals surface area contributed by atoms with Crippen LogP contribution in [-0.2, 0) is 0 Å². The molecule has 2 atom stereocenters. The molecule has 0 unspecified atom stereocenters. The molecule has 1 aromatic carbocycles. The third-order valence-electron chi connectivity index (χ3n) is 5.32. The number of likely N-dealkylation sites (N-methyl/N-ethyl adjacent to an activating group) is 1. The van der Waals surface area contributed by atoms with Gasteiger partial charge in [-0.15, -0.1) is 0 Å². The summed E-state index contributed by atoms with van der Waals surface area (Å²) in [7, 11) is 3.56. The minimum absolute atomic E-state index is 0.0536. The first kappa shape index (κ1) is 17.5. The van der Waals surface area contributed by atoms with Crippen LogP contribution in [0.3, 0.4) is 0 Å². The minimum atomic E-state index is -1.58. The SMILES string of the molecule is COc1ccc([C@H]2[C@@H]3CN(C)CC=C3C(C#N)=C(N)C2(C#N)C#N)cc1. The van der Waals surface area contributed by atoms with Gasteiger partial charge in [0.05, 0.1) is 30.5 Å². The van der Waals surface area contributed by atoms with Crippen molar-refractivity contribution in [3.8, 4) is 24.0 Å². The molecule has 6 nitrogen and oxygen atoms in total. The third kappa shape index (κ3) is 2.42. The van der Waals surface area contributed by atoms with Crippen molar-refractivity contribution in [1.82, 2.24) is 4.90 Å². The van der Waals surface area contributed by atoms with Gasteiger partial charge in [-0.05, 0) is 30.3 Å². The molecule has 1 aliphatic heterocycles. The number of benzene rings is 1. The Morgan fingerprint density at radius 2 is 1.85 bits per heavy atom. The van der Waals surface area contributed by atoms with Crippen LogP contribution in [0, 0.1) is 45.3 Å². The fourth-order valence-corrected chi connectivity index (χ4v) is 4.01. The molecule has 2 aliphatic rings. The number of hydrogen-bond donors (Lipinski definition) is 1. The van der Waals surface area contributed by atoms with E-state index >= 15 is 0 Å². The highest BCUT2D eigenvalue weighted by Crippen LogP contribution is 2.54. The number of fused-ring (bicyclic) bond motifs is 1. The van der Waals surface area contributed by atoms with Crippen molar-refractivity contribution >= 4 is 0 Å². The van der Waals surface area contributed by atoms with E-state index in [1.807, 2.05) is 37.4 Å². The van der Waals surface area contributed by atoms with Gasteiger partial charge in [-0.3, -0.25) is 0 Å². The van der Waals surface area contributed by atoms with E-state index in [2.05, 4.69) is 23.1 Å². The largest absolute Gasteiger partial charge is 0.497 e. The van der Waals surface area contributed by atoms with Gasteiger partial charge in [-0.1, -0.05) is 18.2 Å². The topological polar surface area (TPSA) is 110 Å². The fourth-order valence-electron chi connectivity index (χ4n) is 4.01. The smallest absolute Gasteiger partial charge is 0.191 e. The zero-order valence-corrected chi connectivity index (χ0v) is 14.7. The minimum Gasteiger partial charge on any atom is -0.497 e. The number of nitrogens with zero attached hydrogens (tertiary/aromatic N) is 4. The van der Waals surface area contributed by atoms with Gasteiger partial charge < -0.3 is 15.4 Å². The van der Waals surface area contributed by atoms with E-state index in [0.29, 0.717) is 18.8 Å². The van der Waals surface area contributed by atoms with Crippen LogP contribution in [0.4, 0.5) is 0 Å². The van der Waals surface area contributed by atoms with Gasteiger partial charge in [-0.25, -0.2) is 0 Å². The molecule has 2 N–H and O–H groups in total. The van der Waals surface area contributed by atoms with Crippen molar-refractivity contribution in [1.29, 1.82) is 15.8 Å². The van der Waals surface area contributed by atoms with E-state index in [0.717, 1.165) is 11.1 Å². The molecule has 0 saturated carbocycles. The maximum atomic E-state index is 9.96. The van der Waals surface area contributed by atoms with Crippen LogP contribution in [-0.4, -0.2) is 32.1 Å². The Labute approximate surface area is 153 Å². The van der Waals surface area contributed by atoms with Crippen LogP contribution >= 0.6 is 0 Å². The highest BCUT2D eigenvalue weighted by Gasteiger charge is 2.54. The number of allylic oxidation sites excluding steroid dienone is 2. The predicted molar refractivity (Wildman–Crippen MR) is 95.3 cm³/mol. The summed E-state index contributed by atoms with van der Waals surface area (Å²) in [5, 5.41) is 29.6. The molecule has 3 rings (SSSR count). The van der Waals surface area contributed by atoms with Gasteiger partial charge in [0.25, 0.3) is 0 Å². The predicted octanol–water partition coefficient (Wildman–Crippen LogP) is 2.05. The summed E-state index contributed by atoms with van der Waals surface area (Å²) >= 11 is 0. The van der Waals surface area contributed by atoms with Crippen molar-refractivity contribution in [3.63, 3.8) is 0 Å². The molecule has 6 heteroatoms. The Kier molecular flexibility index (Phi) is 4.43. The Bertz CT molecular complexity index is 893. The van der Waals surface area contributed by atoms with Crippen molar-refractivity contribution in [2.24, 2.45) is 17.1 Å². The lowest BCUT2D eigenvalue weighted by Gasteiger charge is -2.45. The highest BCUT2D eigenvalue weighted by atomic mass is 16.5. The fraction of sp³-hybridized carbons (Fsp3) is 0.350. The molecule has 130 valence electrons. The van der Waals surface area contributed by atoms with E-state index in [4.69, 9.17) is 10.5 Å². The summed E-state index contributed by atoms with van der Waals surface area (Å²) in [6.45, 7) is 1.35. The van der Waals surface area contributed by atoms with Gasteiger partial charge in [0, 0.05) is 24.9 Å². The molecule has 1 aliphatic carbocycles. The molecule has 0 bridgehead atoms. The second kappa shape index (κ2) is 6.56. The second-order valence-corrected chi connectivity index (χ2v) is 6.67. The molecule has 0 spiro atoms. The third-order valence-corrected chi connectivity index (χ3v) is 5.32. The summed E-state index contributed by atoms with van der Waals surface area (Å²) in [4.78, 5) is 2.11. The van der Waals surface area contributed by atoms with Crippen LogP contribution in [0.2, 0.25) is 0 Å². The molecular formula is C20H19N5O. The molecule has 26 heavy (non-hydrogen) atoms. The lowest BCUT2D eigenvalue weighted by atomic mass is 9.58. The number of rotatable bonds is 2. The van der Waals surface area contributed by atoms with Crippen molar-refractivity contribution in [2.75, 3.05) is 27.2 Å². The van der Waals surface area contributed by atoms with E-state index < -0.39 is 11.3 Å². The van der Waals surface area contributed by atoms with E-state index in [1.54, 1.807) is 7.11 Å². The van der Waals surface area contributed by atoms with Crippen molar-refractivity contribution in [3.05, 3.63) is 52.7 Å². The van der Waals surface area contributed by atoms with Crippen LogP contribution in [0.15, 0.2) is 47.2 Å². The molecule has 0 fully saturated rings. The number of methoxy groups -OCH3 is 1. The monoisotopic (exact) mass is 345 g/mol. The summed E-state index contributed by atoms with van der Waals surface area (Å²) < 4.78 is 5.21. The van der Waals surface area contributed by atoms with Crippen molar-refractivity contribution in [2.45, 2.75) is 5.92 Å². The Balaban J connectivity index is 2.28. The average molecular weight is 345 g/mol. The molecule has 0 aromatic heterocycles. The van der Waals surface area contributed by atoms with Gasteiger partial charge in [0.15, 0.2) is 5.41 Å². The first-order chi connectivity index (χ1) is 12.5. The van der Waals surface area contributed by atoms with Crippen molar-refractivity contribution < 1.29 is 4.74 Å².